The quantitative estimate of drug-likeness (QED) is 0.919. The molecule has 21 heavy (non-hydrogen) atoms. The standard InChI is InChI=1S/C18H24N2O/c1-14(2)20-11-4-8-18(21,9-12-20)17-6-3-5-15-13-19-10-7-16(15)17/h3,5-7,10,13-14,21H,4,8-9,11-12H2,1-2H3. The fourth-order valence-corrected chi connectivity index (χ4v) is 3.45. The van der Waals surface area contributed by atoms with Gasteiger partial charge in [-0.2, -0.15) is 0 Å². The lowest BCUT2D eigenvalue weighted by molar-refractivity contribution is 0.0218. The summed E-state index contributed by atoms with van der Waals surface area (Å²) in [4.78, 5) is 6.65. The smallest absolute Gasteiger partial charge is 0.0915 e. The number of pyridine rings is 1. The van der Waals surface area contributed by atoms with Crippen molar-refractivity contribution in [3.63, 3.8) is 0 Å². The van der Waals surface area contributed by atoms with Gasteiger partial charge in [0.2, 0.25) is 0 Å². The van der Waals surface area contributed by atoms with E-state index in [0.29, 0.717) is 6.04 Å². The fourth-order valence-electron chi connectivity index (χ4n) is 3.45. The van der Waals surface area contributed by atoms with Crippen LogP contribution in [0.1, 0.15) is 38.7 Å². The number of rotatable bonds is 2. The molecule has 0 bridgehead atoms. The van der Waals surface area contributed by atoms with Crippen molar-refractivity contribution in [3.8, 4) is 0 Å². The van der Waals surface area contributed by atoms with E-state index in [0.717, 1.165) is 48.7 Å². The van der Waals surface area contributed by atoms with Gasteiger partial charge in [0.15, 0.2) is 0 Å². The SMILES string of the molecule is CC(C)N1CCCC(O)(c2cccc3cnccc23)CC1. The van der Waals surface area contributed by atoms with Crippen LogP contribution in [0, 0.1) is 0 Å². The van der Waals surface area contributed by atoms with Crippen LogP contribution in [0.4, 0.5) is 0 Å². The highest BCUT2D eigenvalue weighted by Crippen LogP contribution is 2.36. The van der Waals surface area contributed by atoms with E-state index in [-0.39, 0.29) is 0 Å². The van der Waals surface area contributed by atoms with E-state index in [9.17, 15) is 5.11 Å². The van der Waals surface area contributed by atoms with Crippen LogP contribution < -0.4 is 0 Å². The Bertz CT molecular complexity index is 620. The summed E-state index contributed by atoms with van der Waals surface area (Å²) in [6.07, 6.45) is 6.35. The lowest BCUT2D eigenvalue weighted by Crippen LogP contribution is -2.33. The number of nitrogens with zero attached hydrogens (tertiary/aromatic N) is 2. The second-order valence-corrected chi connectivity index (χ2v) is 6.42. The van der Waals surface area contributed by atoms with Crippen LogP contribution in [-0.2, 0) is 5.60 Å². The third kappa shape index (κ3) is 2.81. The summed E-state index contributed by atoms with van der Waals surface area (Å²) in [6.45, 7) is 6.49. The Morgan fingerprint density at radius 3 is 2.86 bits per heavy atom. The molecule has 0 amide bonds. The number of benzene rings is 1. The van der Waals surface area contributed by atoms with Gasteiger partial charge in [-0.15, -0.1) is 0 Å². The molecule has 0 radical (unpaired) electrons. The first-order valence-electron chi connectivity index (χ1n) is 7.90. The van der Waals surface area contributed by atoms with Gasteiger partial charge in [-0.3, -0.25) is 4.98 Å². The summed E-state index contributed by atoms with van der Waals surface area (Å²) in [5, 5.41) is 13.5. The number of likely N-dealkylation sites (tertiary alicyclic amines) is 1. The molecule has 1 aliphatic rings. The number of hydrogen-bond donors (Lipinski definition) is 1. The van der Waals surface area contributed by atoms with Crippen LogP contribution in [0.2, 0.25) is 0 Å². The molecule has 1 unspecified atom stereocenters. The number of hydrogen-bond acceptors (Lipinski definition) is 3. The van der Waals surface area contributed by atoms with Crippen LogP contribution in [0.25, 0.3) is 10.8 Å². The van der Waals surface area contributed by atoms with Gasteiger partial charge in [0.1, 0.15) is 0 Å². The van der Waals surface area contributed by atoms with E-state index < -0.39 is 5.60 Å². The van der Waals surface area contributed by atoms with E-state index in [4.69, 9.17) is 0 Å². The van der Waals surface area contributed by atoms with Crippen molar-refractivity contribution in [1.82, 2.24) is 9.88 Å². The van der Waals surface area contributed by atoms with E-state index in [1.807, 2.05) is 24.5 Å². The van der Waals surface area contributed by atoms with Crippen LogP contribution in [0.5, 0.6) is 0 Å². The minimum atomic E-state index is -0.718. The molecular weight excluding hydrogens is 260 g/mol. The molecular formula is C18H24N2O. The summed E-state index contributed by atoms with van der Waals surface area (Å²) in [5.74, 6) is 0. The predicted molar refractivity (Wildman–Crippen MR) is 86.2 cm³/mol. The van der Waals surface area contributed by atoms with Crippen molar-refractivity contribution in [1.29, 1.82) is 0 Å². The van der Waals surface area contributed by atoms with Crippen molar-refractivity contribution in [3.05, 3.63) is 42.2 Å². The van der Waals surface area contributed by atoms with Crippen molar-refractivity contribution < 1.29 is 5.11 Å². The highest BCUT2D eigenvalue weighted by Gasteiger charge is 2.33. The van der Waals surface area contributed by atoms with Crippen LogP contribution in [0.3, 0.4) is 0 Å². The Morgan fingerprint density at radius 1 is 1.19 bits per heavy atom. The molecule has 1 atom stereocenters. The minimum Gasteiger partial charge on any atom is -0.385 e. The Hall–Kier alpha value is -1.45. The lowest BCUT2D eigenvalue weighted by Gasteiger charge is -2.29. The summed E-state index contributed by atoms with van der Waals surface area (Å²) in [5.41, 5.74) is 0.345. The van der Waals surface area contributed by atoms with Gasteiger partial charge in [0.25, 0.3) is 0 Å². The molecule has 1 aromatic heterocycles. The summed E-state index contributed by atoms with van der Waals surface area (Å²) in [6, 6.07) is 8.74. The van der Waals surface area contributed by atoms with Gasteiger partial charge < -0.3 is 10.0 Å². The van der Waals surface area contributed by atoms with Crippen molar-refractivity contribution in [2.24, 2.45) is 0 Å². The Morgan fingerprint density at radius 2 is 2.05 bits per heavy atom. The second kappa shape index (κ2) is 5.74. The average molecular weight is 284 g/mol. The van der Waals surface area contributed by atoms with Crippen molar-refractivity contribution >= 4 is 10.8 Å². The van der Waals surface area contributed by atoms with Gasteiger partial charge in [0.05, 0.1) is 5.60 Å². The molecule has 0 saturated carbocycles. The normalized spacial score (nSPS) is 24.4. The topological polar surface area (TPSA) is 36.4 Å². The Labute approximate surface area is 126 Å². The highest BCUT2D eigenvalue weighted by molar-refractivity contribution is 5.85. The molecule has 2 aromatic rings. The number of fused-ring (bicyclic) bond motifs is 1. The van der Waals surface area contributed by atoms with E-state index in [1.54, 1.807) is 0 Å². The molecule has 0 aliphatic carbocycles. The molecule has 1 fully saturated rings. The minimum absolute atomic E-state index is 0.545. The summed E-state index contributed by atoms with van der Waals surface area (Å²) < 4.78 is 0. The summed E-state index contributed by atoms with van der Waals surface area (Å²) in [7, 11) is 0. The maximum absolute atomic E-state index is 11.3. The maximum atomic E-state index is 11.3. The zero-order valence-corrected chi connectivity index (χ0v) is 12.9. The molecule has 3 heteroatoms. The Balaban J connectivity index is 1.97. The molecule has 1 saturated heterocycles. The molecule has 0 spiro atoms. The van der Waals surface area contributed by atoms with Gasteiger partial charge >= 0.3 is 0 Å². The molecule has 3 rings (SSSR count). The van der Waals surface area contributed by atoms with Crippen molar-refractivity contribution in [2.45, 2.75) is 44.8 Å². The highest BCUT2D eigenvalue weighted by atomic mass is 16.3. The third-order valence-corrected chi connectivity index (χ3v) is 4.76. The molecule has 112 valence electrons. The zero-order chi connectivity index (χ0) is 14.9. The van der Waals surface area contributed by atoms with E-state index >= 15 is 0 Å². The fraction of sp³-hybridized carbons (Fsp3) is 0.500. The van der Waals surface area contributed by atoms with Gasteiger partial charge in [0, 0.05) is 30.4 Å². The second-order valence-electron chi connectivity index (χ2n) is 6.42. The number of aromatic nitrogens is 1. The maximum Gasteiger partial charge on any atom is 0.0915 e. The van der Waals surface area contributed by atoms with Gasteiger partial charge in [-0.05, 0) is 56.7 Å². The predicted octanol–water partition coefficient (Wildman–Crippen LogP) is 3.32. The first-order chi connectivity index (χ1) is 10.1. The lowest BCUT2D eigenvalue weighted by atomic mass is 9.84. The molecule has 2 heterocycles. The Kier molecular flexibility index (Phi) is 3.96. The van der Waals surface area contributed by atoms with E-state index in [2.05, 4.69) is 35.9 Å². The first kappa shape index (κ1) is 14.5. The van der Waals surface area contributed by atoms with E-state index in [1.165, 1.54) is 0 Å². The van der Waals surface area contributed by atoms with Crippen LogP contribution in [0.15, 0.2) is 36.7 Å². The van der Waals surface area contributed by atoms with Crippen LogP contribution in [-0.4, -0.2) is 34.1 Å². The van der Waals surface area contributed by atoms with Gasteiger partial charge in [-0.1, -0.05) is 18.2 Å². The first-order valence-corrected chi connectivity index (χ1v) is 7.90. The van der Waals surface area contributed by atoms with Crippen molar-refractivity contribution in [2.75, 3.05) is 13.1 Å². The molecule has 1 aliphatic heterocycles. The van der Waals surface area contributed by atoms with Gasteiger partial charge in [-0.25, -0.2) is 0 Å². The summed E-state index contributed by atoms with van der Waals surface area (Å²) >= 11 is 0. The number of aliphatic hydroxyl groups is 1. The molecule has 1 N–H and O–H groups in total. The molecule has 3 nitrogen and oxygen atoms in total. The van der Waals surface area contributed by atoms with Crippen LogP contribution >= 0.6 is 0 Å². The molecule has 1 aromatic carbocycles. The monoisotopic (exact) mass is 284 g/mol. The third-order valence-electron chi connectivity index (χ3n) is 4.76. The largest absolute Gasteiger partial charge is 0.385 e. The zero-order valence-electron chi connectivity index (χ0n) is 12.9. The average Bonchev–Trinajstić information content (AvgIpc) is 2.69.